The van der Waals surface area contributed by atoms with E-state index in [9.17, 15) is 13.6 Å². The Bertz CT molecular complexity index is 227. The first-order valence-corrected chi connectivity index (χ1v) is 4.73. The van der Waals surface area contributed by atoms with Crippen LogP contribution in [0.15, 0.2) is 0 Å². The van der Waals surface area contributed by atoms with Crippen molar-refractivity contribution in [3.8, 4) is 0 Å². The van der Waals surface area contributed by atoms with Gasteiger partial charge in [0.1, 0.15) is 0 Å². The number of halogens is 2. The average Bonchev–Trinajstić information content (AvgIpc) is 2.82. The van der Waals surface area contributed by atoms with Gasteiger partial charge in [0.05, 0.1) is 6.61 Å². The van der Waals surface area contributed by atoms with Crippen molar-refractivity contribution in [2.24, 2.45) is 5.73 Å². The molecule has 14 heavy (non-hydrogen) atoms. The molecule has 0 aromatic heterocycles. The summed E-state index contributed by atoms with van der Waals surface area (Å²) >= 11 is 0. The summed E-state index contributed by atoms with van der Waals surface area (Å²) in [5.74, 6) is -4.82. The Morgan fingerprint density at radius 3 is 2.57 bits per heavy atom. The van der Waals surface area contributed by atoms with Gasteiger partial charge in [-0.1, -0.05) is 0 Å². The van der Waals surface area contributed by atoms with Crippen molar-refractivity contribution in [1.29, 1.82) is 0 Å². The molecule has 3 nitrogen and oxygen atoms in total. The second-order valence-electron chi connectivity index (χ2n) is 3.79. The highest BCUT2D eigenvalue weighted by Gasteiger charge is 2.45. The second kappa shape index (κ2) is 3.81. The van der Waals surface area contributed by atoms with Gasteiger partial charge in [-0.15, -0.1) is 0 Å². The van der Waals surface area contributed by atoms with Crippen molar-refractivity contribution >= 4 is 5.97 Å². The van der Waals surface area contributed by atoms with Gasteiger partial charge < -0.3 is 10.5 Å². The van der Waals surface area contributed by atoms with E-state index in [4.69, 9.17) is 5.73 Å². The minimum atomic E-state index is -3.38. The normalized spacial score (nSPS) is 19.1. The van der Waals surface area contributed by atoms with E-state index in [0.29, 0.717) is 0 Å². The van der Waals surface area contributed by atoms with E-state index in [1.54, 1.807) is 0 Å². The molecule has 0 heterocycles. The standard InChI is InChI=1S/C9H15F2NO2/c1-2-14-7(13)9(10,11)6-5-8(12)3-4-8/h2-6,12H2,1H3. The first kappa shape index (κ1) is 11.4. The summed E-state index contributed by atoms with van der Waals surface area (Å²) in [6.45, 7) is 1.47. The van der Waals surface area contributed by atoms with Gasteiger partial charge in [0.25, 0.3) is 0 Å². The van der Waals surface area contributed by atoms with Gasteiger partial charge in [-0.25, -0.2) is 4.79 Å². The third kappa shape index (κ3) is 2.90. The van der Waals surface area contributed by atoms with Crippen molar-refractivity contribution in [2.45, 2.75) is 44.1 Å². The Balaban J connectivity index is 2.36. The van der Waals surface area contributed by atoms with Crippen LogP contribution in [0.3, 0.4) is 0 Å². The molecule has 0 aromatic carbocycles. The quantitative estimate of drug-likeness (QED) is 0.694. The summed E-state index contributed by atoms with van der Waals surface area (Å²) in [6.07, 6.45) is 1.21. The Morgan fingerprint density at radius 1 is 1.57 bits per heavy atom. The van der Waals surface area contributed by atoms with Crippen LogP contribution in [0.25, 0.3) is 0 Å². The molecule has 2 N–H and O–H groups in total. The third-order valence-corrected chi connectivity index (χ3v) is 2.40. The van der Waals surface area contributed by atoms with E-state index in [1.165, 1.54) is 6.92 Å². The van der Waals surface area contributed by atoms with Crippen molar-refractivity contribution in [3.63, 3.8) is 0 Å². The van der Waals surface area contributed by atoms with Crippen molar-refractivity contribution in [3.05, 3.63) is 0 Å². The molecule has 82 valence electrons. The minimum Gasteiger partial charge on any atom is -0.462 e. The fourth-order valence-electron chi connectivity index (χ4n) is 1.16. The number of ether oxygens (including phenoxy) is 1. The lowest BCUT2D eigenvalue weighted by Crippen LogP contribution is -2.34. The van der Waals surface area contributed by atoms with Crippen LogP contribution in [-0.4, -0.2) is 24.0 Å². The smallest absolute Gasteiger partial charge is 0.376 e. The topological polar surface area (TPSA) is 52.3 Å². The Morgan fingerprint density at radius 2 is 2.14 bits per heavy atom. The van der Waals surface area contributed by atoms with Gasteiger partial charge in [-0.2, -0.15) is 8.78 Å². The number of carbonyl (C=O) groups excluding carboxylic acids is 1. The first-order valence-electron chi connectivity index (χ1n) is 4.73. The molecular weight excluding hydrogens is 192 g/mol. The van der Waals surface area contributed by atoms with Crippen LogP contribution < -0.4 is 5.73 Å². The van der Waals surface area contributed by atoms with Gasteiger partial charge >= 0.3 is 11.9 Å². The largest absolute Gasteiger partial charge is 0.462 e. The van der Waals surface area contributed by atoms with Gasteiger partial charge in [-0.05, 0) is 26.2 Å². The van der Waals surface area contributed by atoms with Crippen LogP contribution in [0, 0.1) is 0 Å². The number of nitrogens with two attached hydrogens (primary N) is 1. The molecule has 1 aliphatic carbocycles. The predicted molar refractivity (Wildman–Crippen MR) is 47.0 cm³/mol. The monoisotopic (exact) mass is 207 g/mol. The van der Waals surface area contributed by atoms with Crippen LogP contribution >= 0.6 is 0 Å². The molecule has 0 aliphatic heterocycles. The van der Waals surface area contributed by atoms with Gasteiger partial charge in [0.2, 0.25) is 0 Å². The molecule has 0 amide bonds. The molecule has 1 aliphatic rings. The van der Waals surface area contributed by atoms with Gasteiger partial charge in [0.15, 0.2) is 0 Å². The Kier molecular flexibility index (Phi) is 3.09. The number of carbonyl (C=O) groups is 1. The zero-order valence-corrected chi connectivity index (χ0v) is 8.19. The maximum absolute atomic E-state index is 13.0. The molecule has 1 saturated carbocycles. The zero-order chi connectivity index (χ0) is 10.8. The second-order valence-corrected chi connectivity index (χ2v) is 3.79. The molecule has 0 aromatic rings. The van der Waals surface area contributed by atoms with Crippen LogP contribution in [0.4, 0.5) is 8.78 Å². The van der Waals surface area contributed by atoms with Crippen molar-refractivity contribution in [2.75, 3.05) is 6.61 Å². The van der Waals surface area contributed by atoms with Gasteiger partial charge in [-0.3, -0.25) is 0 Å². The molecular formula is C9H15F2NO2. The highest BCUT2D eigenvalue weighted by Crippen LogP contribution is 2.39. The number of rotatable bonds is 5. The maximum atomic E-state index is 13.0. The predicted octanol–water partition coefficient (Wildman–Crippen LogP) is 1.46. The molecule has 0 spiro atoms. The van der Waals surface area contributed by atoms with E-state index in [-0.39, 0.29) is 13.0 Å². The van der Waals surface area contributed by atoms with Crippen LogP contribution in [0.1, 0.15) is 32.6 Å². The number of hydrogen-bond donors (Lipinski definition) is 1. The van der Waals surface area contributed by atoms with E-state index in [0.717, 1.165) is 12.8 Å². The van der Waals surface area contributed by atoms with E-state index in [1.807, 2.05) is 0 Å². The summed E-state index contributed by atoms with van der Waals surface area (Å²) in [7, 11) is 0. The Hall–Kier alpha value is -0.710. The fourth-order valence-corrected chi connectivity index (χ4v) is 1.16. The van der Waals surface area contributed by atoms with Crippen LogP contribution in [0.5, 0.6) is 0 Å². The highest BCUT2D eigenvalue weighted by molar-refractivity contribution is 5.77. The zero-order valence-electron chi connectivity index (χ0n) is 8.19. The summed E-state index contributed by atoms with van der Waals surface area (Å²) in [4.78, 5) is 10.8. The van der Waals surface area contributed by atoms with Crippen molar-refractivity contribution in [1.82, 2.24) is 0 Å². The third-order valence-electron chi connectivity index (χ3n) is 2.40. The lowest BCUT2D eigenvalue weighted by atomic mass is 10.1. The van der Waals surface area contributed by atoms with E-state index >= 15 is 0 Å². The summed E-state index contributed by atoms with van der Waals surface area (Å²) in [6, 6.07) is 0. The summed E-state index contributed by atoms with van der Waals surface area (Å²) in [5, 5.41) is 0. The average molecular weight is 207 g/mol. The van der Waals surface area contributed by atoms with Crippen LogP contribution in [0.2, 0.25) is 0 Å². The molecule has 5 heteroatoms. The van der Waals surface area contributed by atoms with Crippen molar-refractivity contribution < 1.29 is 18.3 Å². The van der Waals surface area contributed by atoms with E-state index in [2.05, 4.69) is 4.74 Å². The van der Waals surface area contributed by atoms with Crippen LogP contribution in [-0.2, 0) is 9.53 Å². The molecule has 1 rings (SSSR count). The lowest BCUT2D eigenvalue weighted by molar-refractivity contribution is -0.172. The molecule has 1 fully saturated rings. The maximum Gasteiger partial charge on any atom is 0.376 e. The minimum absolute atomic E-state index is 0.0256. The summed E-state index contributed by atoms with van der Waals surface area (Å²) < 4.78 is 30.3. The molecule has 0 atom stereocenters. The molecule has 0 radical (unpaired) electrons. The fraction of sp³-hybridized carbons (Fsp3) is 0.889. The number of esters is 1. The van der Waals surface area contributed by atoms with E-state index < -0.39 is 23.9 Å². The van der Waals surface area contributed by atoms with Gasteiger partial charge in [0, 0.05) is 12.0 Å². The number of hydrogen-bond acceptors (Lipinski definition) is 3. The molecule has 0 bridgehead atoms. The first-order chi connectivity index (χ1) is 6.40. The SMILES string of the molecule is CCOC(=O)C(F)(F)CCC1(N)CC1. The highest BCUT2D eigenvalue weighted by atomic mass is 19.3. The Labute approximate surface area is 81.6 Å². The molecule has 0 unspecified atom stereocenters. The molecule has 0 saturated heterocycles. The lowest BCUT2D eigenvalue weighted by Gasteiger charge is -2.16. The summed E-state index contributed by atoms with van der Waals surface area (Å²) in [5.41, 5.74) is 5.19. The number of alkyl halides is 2.